The molecular weight excluding hydrogens is 324 g/mol. The Kier molecular flexibility index (Phi) is 5.62. The maximum atomic E-state index is 13.4. The highest BCUT2D eigenvalue weighted by Gasteiger charge is 2.37. The molecule has 3 unspecified atom stereocenters. The average Bonchev–Trinajstić information content (AvgIpc) is 3.53. The first-order valence-electron chi connectivity index (χ1n) is 9.30. The van der Waals surface area contributed by atoms with Gasteiger partial charge in [0.2, 0.25) is 5.91 Å². The van der Waals surface area contributed by atoms with Gasteiger partial charge in [-0.05, 0) is 55.5 Å². The zero-order chi connectivity index (χ0) is 18.7. The number of carbonyl (C=O) groups is 1. The SMILES string of the molecule is COc1ccc(N(C(=O)C(C)C(N)c2ccccc2)C(C)C2CC2)cc1. The molecule has 0 bridgehead atoms. The van der Waals surface area contributed by atoms with Crippen molar-refractivity contribution in [2.24, 2.45) is 17.6 Å². The first-order chi connectivity index (χ1) is 12.5. The van der Waals surface area contributed by atoms with Gasteiger partial charge in [-0.1, -0.05) is 37.3 Å². The van der Waals surface area contributed by atoms with Crippen molar-refractivity contribution in [3.63, 3.8) is 0 Å². The summed E-state index contributed by atoms with van der Waals surface area (Å²) in [7, 11) is 1.64. The van der Waals surface area contributed by atoms with E-state index in [9.17, 15) is 4.79 Å². The standard InChI is InChI=1S/C22H28N2O2/c1-15(21(23)18-7-5-4-6-8-18)22(25)24(16(2)17-9-10-17)19-11-13-20(26-3)14-12-19/h4-8,11-17,21H,9-10,23H2,1-3H3. The number of amides is 1. The van der Waals surface area contributed by atoms with E-state index in [-0.39, 0.29) is 23.9 Å². The lowest BCUT2D eigenvalue weighted by Gasteiger charge is -2.33. The summed E-state index contributed by atoms with van der Waals surface area (Å²) in [6.45, 7) is 4.07. The van der Waals surface area contributed by atoms with Crippen LogP contribution in [0.2, 0.25) is 0 Å². The lowest BCUT2D eigenvalue weighted by Crippen LogP contribution is -2.45. The molecule has 4 heteroatoms. The van der Waals surface area contributed by atoms with E-state index in [1.54, 1.807) is 7.11 Å². The predicted octanol–water partition coefficient (Wildman–Crippen LogP) is 4.16. The molecule has 3 rings (SSSR count). The molecule has 0 spiro atoms. The number of ether oxygens (including phenoxy) is 1. The van der Waals surface area contributed by atoms with Gasteiger partial charge in [0.1, 0.15) is 5.75 Å². The predicted molar refractivity (Wildman–Crippen MR) is 105 cm³/mol. The Morgan fingerprint density at radius 1 is 1.08 bits per heavy atom. The molecule has 1 saturated carbocycles. The van der Waals surface area contributed by atoms with Crippen molar-refractivity contribution in [2.75, 3.05) is 12.0 Å². The molecule has 138 valence electrons. The van der Waals surface area contributed by atoms with E-state index >= 15 is 0 Å². The fourth-order valence-electron chi connectivity index (χ4n) is 3.43. The molecule has 1 fully saturated rings. The number of methoxy groups -OCH3 is 1. The molecule has 26 heavy (non-hydrogen) atoms. The van der Waals surface area contributed by atoms with Gasteiger partial charge >= 0.3 is 0 Å². The van der Waals surface area contributed by atoms with Gasteiger partial charge in [0.25, 0.3) is 0 Å². The fourth-order valence-corrected chi connectivity index (χ4v) is 3.43. The second-order valence-corrected chi connectivity index (χ2v) is 7.21. The Hall–Kier alpha value is -2.33. The van der Waals surface area contributed by atoms with Crippen LogP contribution in [0.3, 0.4) is 0 Å². The van der Waals surface area contributed by atoms with E-state index in [0.29, 0.717) is 5.92 Å². The highest BCUT2D eigenvalue weighted by Crippen LogP contribution is 2.38. The third kappa shape index (κ3) is 3.91. The van der Waals surface area contributed by atoms with Gasteiger partial charge in [-0.3, -0.25) is 4.79 Å². The second-order valence-electron chi connectivity index (χ2n) is 7.21. The third-order valence-electron chi connectivity index (χ3n) is 5.41. The monoisotopic (exact) mass is 352 g/mol. The summed E-state index contributed by atoms with van der Waals surface area (Å²) in [4.78, 5) is 15.3. The number of carbonyl (C=O) groups excluding carboxylic acids is 1. The van der Waals surface area contributed by atoms with Crippen molar-refractivity contribution in [1.82, 2.24) is 0 Å². The van der Waals surface area contributed by atoms with Crippen molar-refractivity contribution >= 4 is 11.6 Å². The van der Waals surface area contributed by atoms with Crippen LogP contribution in [-0.4, -0.2) is 19.1 Å². The molecule has 4 nitrogen and oxygen atoms in total. The zero-order valence-electron chi connectivity index (χ0n) is 15.8. The minimum Gasteiger partial charge on any atom is -0.497 e. The van der Waals surface area contributed by atoms with Crippen LogP contribution >= 0.6 is 0 Å². The first kappa shape index (κ1) is 18.5. The molecule has 1 amide bonds. The number of anilines is 1. The van der Waals surface area contributed by atoms with Crippen LogP contribution < -0.4 is 15.4 Å². The highest BCUT2D eigenvalue weighted by atomic mass is 16.5. The van der Waals surface area contributed by atoms with Crippen molar-refractivity contribution in [1.29, 1.82) is 0 Å². The van der Waals surface area contributed by atoms with E-state index in [4.69, 9.17) is 10.5 Å². The van der Waals surface area contributed by atoms with E-state index in [0.717, 1.165) is 17.0 Å². The van der Waals surface area contributed by atoms with Gasteiger partial charge in [-0.15, -0.1) is 0 Å². The summed E-state index contributed by atoms with van der Waals surface area (Å²) < 4.78 is 5.25. The van der Waals surface area contributed by atoms with Crippen molar-refractivity contribution in [3.05, 3.63) is 60.2 Å². The number of benzene rings is 2. The second kappa shape index (κ2) is 7.92. The van der Waals surface area contributed by atoms with E-state index in [1.807, 2.05) is 66.4 Å². The Bertz CT molecular complexity index is 726. The number of rotatable bonds is 7. The van der Waals surface area contributed by atoms with Gasteiger partial charge in [-0.25, -0.2) is 0 Å². The molecule has 2 N–H and O–H groups in total. The van der Waals surface area contributed by atoms with Crippen molar-refractivity contribution in [3.8, 4) is 5.75 Å². The average molecular weight is 352 g/mol. The first-order valence-corrected chi connectivity index (χ1v) is 9.30. The number of hydrogen-bond donors (Lipinski definition) is 1. The van der Waals surface area contributed by atoms with Crippen LogP contribution in [0.4, 0.5) is 5.69 Å². The topological polar surface area (TPSA) is 55.6 Å². The van der Waals surface area contributed by atoms with Gasteiger partial charge in [0, 0.05) is 17.8 Å². The summed E-state index contributed by atoms with van der Waals surface area (Å²) in [6, 6.07) is 17.4. The molecule has 2 aromatic rings. The number of hydrogen-bond acceptors (Lipinski definition) is 3. The van der Waals surface area contributed by atoms with Gasteiger partial charge in [0.15, 0.2) is 0 Å². The Balaban J connectivity index is 1.86. The van der Waals surface area contributed by atoms with Gasteiger partial charge in [-0.2, -0.15) is 0 Å². The minimum absolute atomic E-state index is 0.0749. The lowest BCUT2D eigenvalue weighted by molar-refractivity contribution is -0.123. The van der Waals surface area contributed by atoms with E-state index in [1.165, 1.54) is 12.8 Å². The molecule has 0 aromatic heterocycles. The van der Waals surface area contributed by atoms with E-state index in [2.05, 4.69) is 6.92 Å². The van der Waals surface area contributed by atoms with Gasteiger partial charge in [0.05, 0.1) is 13.0 Å². The largest absolute Gasteiger partial charge is 0.497 e. The van der Waals surface area contributed by atoms with E-state index < -0.39 is 0 Å². The lowest BCUT2D eigenvalue weighted by atomic mass is 9.93. The van der Waals surface area contributed by atoms with Crippen LogP contribution in [0.15, 0.2) is 54.6 Å². The quantitative estimate of drug-likeness (QED) is 0.814. The van der Waals surface area contributed by atoms with Crippen LogP contribution in [0.5, 0.6) is 5.75 Å². The number of nitrogens with zero attached hydrogens (tertiary/aromatic N) is 1. The number of nitrogens with two attached hydrogens (primary N) is 1. The van der Waals surface area contributed by atoms with Crippen LogP contribution in [-0.2, 0) is 4.79 Å². The summed E-state index contributed by atoms with van der Waals surface area (Å²) >= 11 is 0. The minimum atomic E-state index is -0.323. The molecule has 2 aromatic carbocycles. The molecule has 0 saturated heterocycles. The summed E-state index contributed by atoms with van der Waals surface area (Å²) in [5, 5.41) is 0. The molecular formula is C22H28N2O2. The third-order valence-corrected chi connectivity index (χ3v) is 5.41. The summed E-state index contributed by atoms with van der Waals surface area (Å²) in [5.41, 5.74) is 8.32. The summed E-state index contributed by atoms with van der Waals surface area (Å²) in [6.07, 6.45) is 2.36. The zero-order valence-corrected chi connectivity index (χ0v) is 15.8. The molecule has 0 heterocycles. The van der Waals surface area contributed by atoms with Gasteiger partial charge < -0.3 is 15.4 Å². The molecule has 1 aliphatic carbocycles. The maximum absolute atomic E-state index is 13.4. The van der Waals surface area contributed by atoms with Crippen LogP contribution in [0.25, 0.3) is 0 Å². The molecule has 3 atom stereocenters. The maximum Gasteiger partial charge on any atom is 0.231 e. The van der Waals surface area contributed by atoms with Crippen molar-refractivity contribution in [2.45, 2.75) is 38.8 Å². The van der Waals surface area contributed by atoms with Crippen molar-refractivity contribution < 1.29 is 9.53 Å². The fraction of sp³-hybridized carbons (Fsp3) is 0.409. The Morgan fingerprint density at radius 3 is 2.23 bits per heavy atom. The Labute approximate surface area is 156 Å². The smallest absolute Gasteiger partial charge is 0.231 e. The van der Waals surface area contributed by atoms with Crippen LogP contribution in [0.1, 0.15) is 38.3 Å². The molecule has 0 aliphatic heterocycles. The summed E-state index contributed by atoms with van der Waals surface area (Å²) in [5.74, 6) is 1.13. The normalized spacial score (nSPS) is 17.2. The van der Waals surface area contributed by atoms with Crippen LogP contribution in [0, 0.1) is 11.8 Å². The molecule has 1 aliphatic rings. The Morgan fingerprint density at radius 2 is 1.69 bits per heavy atom. The molecule has 0 radical (unpaired) electrons. The highest BCUT2D eigenvalue weighted by molar-refractivity contribution is 5.96.